The predicted octanol–water partition coefficient (Wildman–Crippen LogP) is 3.20. The number of amides is 3. The zero-order valence-corrected chi connectivity index (χ0v) is 21.4. The van der Waals surface area contributed by atoms with Crippen molar-refractivity contribution in [2.75, 3.05) is 19.0 Å². The lowest BCUT2D eigenvalue weighted by atomic mass is 10.0. The molecule has 2 unspecified atom stereocenters. The molecule has 0 aliphatic heterocycles. The number of carbonyl (C=O) groups excluding carboxylic acids is 3. The minimum Gasteiger partial charge on any atom is -0.508 e. The second kappa shape index (κ2) is 12.3. The van der Waals surface area contributed by atoms with Crippen molar-refractivity contribution in [3.63, 3.8) is 0 Å². The molecule has 0 fully saturated rings. The third kappa shape index (κ3) is 7.88. The Morgan fingerprint density at radius 3 is 2.06 bits per heavy atom. The molecule has 36 heavy (non-hydrogen) atoms. The van der Waals surface area contributed by atoms with Crippen LogP contribution in [0, 0.1) is 0 Å². The molecule has 2 rings (SSSR count). The standard InChI is InChI=1S/C26H35N3O7/c1-16(2)29(24(33)21(15-30)28-25(34)36-26(3,4)5)22(17-7-11-19(31)12-8-17)23(32)27-18-9-13-20(35-6)14-10-18/h7-14,16,21-22,30-31H,15H2,1-6H3,(H,27,32)(H,28,34). The smallest absolute Gasteiger partial charge is 0.408 e. The summed E-state index contributed by atoms with van der Waals surface area (Å²) in [6.07, 6.45) is -0.873. The van der Waals surface area contributed by atoms with Gasteiger partial charge in [-0.3, -0.25) is 9.59 Å². The molecule has 2 aromatic rings. The van der Waals surface area contributed by atoms with E-state index >= 15 is 0 Å². The molecule has 0 saturated carbocycles. The van der Waals surface area contributed by atoms with Crippen LogP contribution in [0.5, 0.6) is 11.5 Å². The van der Waals surface area contributed by atoms with Gasteiger partial charge >= 0.3 is 6.09 Å². The third-order valence-electron chi connectivity index (χ3n) is 5.08. The molecule has 2 aromatic carbocycles. The molecular formula is C26H35N3O7. The summed E-state index contributed by atoms with van der Waals surface area (Å²) in [5.41, 5.74) is 0.0960. The molecule has 10 heteroatoms. The van der Waals surface area contributed by atoms with E-state index in [2.05, 4.69) is 10.6 Å². The Labute approximate surface area is 211 Å². The van der Waals surface area contributed by atoms with Crippen molar-refractivity contribution in [2.24, 2.45) is 0 Å². The summed E-state index contributed by atoms with van der Waals surface area (Å²) in [4.78, 5) is 40.7. The molecular weight excluding hydrogens is 466 g/mol. The van der Waals surface area contributed by atoms with Gasteiger partial charge in [0.1, 0.15) is 29.2 Å². The first kappa shape index (κ1) is 28.4. The number of rotatable bonds is 9. The number of hydrogen-bond acceptors (Lipinski definition) is 7. The molecule has 4 N–H and O–H groups in total. The van der Waals surface area contributed by atoms with Crippen LogP contribution in [-0.2, 0) is 14.3 Å². The molecule has 0 bridgehead atoms. The van der Waals surface area contributed by atoms with E-state index in [1.165, 1.54) is 36.3 Å². The highest BCUT2D eigenvalue weighted by molar-refractivity contribution is 5.99. The number of phenolic OH excluding ortho intramolecular Hbond substituents is 1. The van der Waals surface area contributed by atoms with Gasteiger partial charge in [-0.1, -0.05) is 12.1 Å². The SMILES string of the molecule is COc1ccc(NC(=O)C(c2ccc(O)cc2)N(C(=O)C(CO)NC(=O)OC(C)(C)C)C(C)C)cc1. The first-order valence-corrected chi connectivity index (χ1v) is 11.5. The Morgan fingerprint density at radius 2 is 1.58 bits per heavy atom. The van der Waals surface area contributed by atoms with Gasteiger partial charge in [0, 0.05) is 11.7 Å². The fourth-order valence-corrected chi connectivity index (χ4v) is 3.47. The highest BCUT2D eigenvalue weighted by atomic mass is 16.6. The molecule has 0 aliphatic carbocycles. The van der Waals surface area contributed by atoms with Gasteiger partial charge in [-0.25, -0.2) is 4.79 Å². The summed E-state index contributed by atoms with van der Waals surface area (Å²) < 4.78 is 10.4. The van der Waals surface area contributed by atoms with Crippen molar-refractivity contribution in [1.82, 2.24) is 10.2 Å². The maximum absolute atomic E-state index is 13.6. The summed E-state index contributed by atoms with van der Waals surface area (Å²) in [6.45, 7) is 7.75. The number of anilines is 1. The highest BCUT2D eigenvalue weighted by Crippen LogP contribution is 2.28. The normalized spacial score (nSPS) is 12.9. The number of nitrogens with one attached hydrogen (secondary N) is 2. The maximum Gasteiger partial charge on any atom is 0.408 e. The van der Waals surface area contributed by atoms with Crippen molar-refractivity contribution in [3.05, 3.63) is 54.1 Å². The largest absolute Gasteiger partial charge is 0.508 e. The zero-order valence-electron chi connectivity index (χ0n) is 21.4. The van der Waals surface area contributed by atoms with Gasteiger partial charge in [0.05, 0.1) is 13.7 Å². The number of aliphatic hydroxyl groups excluding tert-OH is 1. The van der Waals surface area contributed by atoms with Crippen LogP contribution in [0.2, 0.25) is 0 Å². The highest BCUT2D eigenvalue weighted by Gasteiger charge is 2.37. The topological polar surface area (TPSA) is 137 Å². The van der Waals surface area contributed by atoms with Crippen LogP contribution in [0.25, 0.3) is 0 Å². The fourth-order valence-electron chi connectivity index (χ4n) is 3.47. The molecule has 0 saturated heterocycles. The molecule has 0 radical (unpaired) electrons. The van der Waals surface area contributed by atoms with Crippen LogP contribution >= 0.6 is 0 Å². The van der Waals surface area contributed by atoms with Crippen molar-refractivity contribution >= 4 is 23.6 Å². The average molecular weight is 502 g/mol. The predicted molar refractivity (Wildman–Crippen MR) is 135 cm³/mol. The maximum atomic E-state index is 13.6. The Bertz CT molecular complexity index is 1030. The number of hydrogen-bond donors (Lipinski definition) is 4. The molecule has 196 valence electrons. The van der Waals surface area contributed by atoms with Gasteiger partial charge in [-0.05, 0) is 76.6 Å². The number of aliphatic hydroxyl groups is 1. The Hall–Kier alpha value is -3.79. The van der Waals surface area contributed by atoms with E-state index in [0.29, 0.717) is 17.0 Å². The van der Waals surface area contributed by atoms with Crippen molar-refractivity contribution < 1.29 is 34.1 Å². The van der Waals surface area contributed by atoms with Crippen molar-refractivity contribution in [2.45, 2.75) is 58.3 Å². The Morgan fingerprint density at radius 1 is 1.00 bits per heavy atom. The lowest BCUT2D eigenvalue weighted by Gasteiger charge is -2.36. The third-order valence-corrected chi connectivity index (χ3v) is 5.08. The molecule has 2 atom stereocenters. The quantitative estimate of drug-likeness (QED) is 0.414. The number of alkyl carbamates (subject to hydrolysis) is 1. The lowest BCUT2D eigenvalue weighted by molar-refractivity contribution is -0.143. The van der Waals surface area contributed by atoms with Crippen LogP contribution < -0.4 is 15.4 Å². The summed E-state index contributed by atoms with van der Waals surface area (Å²) in [7, 11) is 1.53. The number of phenols is 1. The van der Waals surface area contributed by atoms with Gasteiger partial charge in [0.25, 0.3) is 5.91 Å². The first-order chi connectivity index (χ1) is 16.9. The molecule has 3 amide bonds. The van der Waals surface area contributed by atoms with Crippen LogP contribution in [0.1, 0.15) is 46.2 Å². The number of benzene rings is 2. The van der Waals surface area contributed by atoms with E-state index in [1.54, 1.807) is 58.9 Å². The Balaban J connectivity index is 2.42. The summed E-state index contributed by atoms with van der Waals surface area (Å²) >= 11 is 0. The minimum absolute atomic E-state index is 0.00434. The summed E-state index contributed by atoms with van der Waals surface area (Å²) in [5.74, 6) is -0.598. The van der Waals surface area contributed by atoms with Crippen LogP contribution in [0.15, 0.2) is 48.5 Å². The summed E-state index contributed by atoms with van der Waals surface area (Å²) in [6, 6.07) is 9.57. The minimum atomic E-state index is -1.35. The second-order valence-corrected chi connectivity index (χ2v) is 9.43. The van der Waals surface area contributed by atoms with E-state index < -0.39 is 48.2 Å². The number of methoxy groups -OCH3 is 1. The monoisotopic (exact) mass is 501 g/mol. The van der Waals surface area contributed by atoms with E-state index in [9.17, 15) is 24.6 Å². The fraction of sp³-hybridized carbons (Fsp3) is 0.423. The second-order valence-electron chi connectivity index (χ2n) is 9.43. The average Bonchev–Trinajstić information content (AvgIpc) is 2.80. The molecule has 0 heterocycles. The van der Waals surface area contributed by atoms with Gasteiger partial charge in [0.2, 0.25) is 5.91 Å². The van der Waals surface area contributed by atoms with Gasteiger partial charge in [0.15, 0.2) is 0 Å². The van der Waals surface area contributed by atoms with E-state index in [1.807, 2.05) is 0 Å². The van der Waals surface area contributed by atoms with Crippen molar-refractivity contribution in [1.29, 1.82) is 0 Å². The van der Waals surface area contributed by atoms with Crippen molar-refractivity contribution in [3.8, 4) is 11.5 Å². The van der Waals surface area contributed by atoms with Gasteiger partial charge < -0.3 is 35.2 Å². The van der Waals surface area contributed by atoms with Crippen LogP contribution in [0.3, 0.4) is 0 Å². The number of aromatic hydroxyl groups is 1. The molecule has 0 spiro atoms. The molecule has 0 aromatic heterocycles. The molecule has 10 nitrogen and oxygen atoms in total. The van der Waals surface area contributed by atoms with Gasteiger partial charge in [-0.15, -0.1) is 0 Å². The number of nitrogens with zero attached hydrogens (tertiary/aromatic N) is 1. The van der Waals surface area contributed by atoms with E-state index in [4.69, 9.17) is 9.47 Å². The first-order valence-electron chi connectivity index (χ1n) is 11.5. The molecule has 0 aliphatic rings. The van der Waals surface area contributed by atoms with E-state index in [-0.39, 0.29) is 5.75 Å². The van der Waals surface area contributed by atoms with Crippen LogP contribution in [0.4, 0.5) is 10.5 Å². The van der Waals surface area contributed by atoms with Crippen LogP contribution in [-0.4, -0.2) is 64.4 Å². The Kier molecular flexibility index (Phi) is 9.68. The number of ether oxygens (including phenoxy) is 2. The summed E-state index contributed by atoms with van der Waals surface area (Å²) in [5, 5.41) is 24.9. The lowest BCUT2D eigenvalue weighted by Crippen LogP contribution is -2.55. The zero-order chi connectivity index (χ0) is 27.0. The van der Waals surface area contributed by atoms with E-state index in [0.717, 1.165) is 0 Å². The van der Waals surface area contributed by atoms with Gasteiger partial charge in [-0.2, -0.15) is 0 Å². The number of carbonyl (C=O) groups is 3.